The molecule has 6 nitrogen and oxygen atoms in total. The van der Waals surface area contributed by atoms with Crippen molar-refractivity contribution >= 4 is 23.0 Å². The van der Waals surface area contributed by atoms with Crippen LogP contribution in [0.15, 0.2) is 65.9 Å². The minimum atomic E-state index is -0.237. The Bertz CT molecular complexity index is 1060. The maximum absolute atomic E-state index is 11.0. The van der Waals surface area contributed by atoms with Gasteiger partial charge >= 0.3 is 0 Å². The summed E-state index contributed by atoms with van der Waals surface area (Å²) in [7, 11) is 0. The third-order valence-electron chi connectivity index (χ3n) is 3.80. The van der Waals surface area contributed by atoms with Crippen molar-refractivity contribution in [3.05, 3.63) is 76.8 Å². The molecule has 1 unspecified atom stereocenters. The average molecular weight is 405 g/mol. The number of hydrogen-bond acceptors (Lipinski definition) is 6. The van der Waals surface area contributed by atoms with Gasteiger partial charge in [0.05, 0.1) is 12.2 Å². The van der Waals surface area contributed by atoms with Crippen molar-refractivity contribution in [2.24, 2.45) is 5.16 Å². The third-order valence-corrected chi connectivity index (χ3v) is 4.59. The second-order valence-electron chi connectivity index (χ2n) is 6.12. The number of amides is 1. The van der Waals surface area contributed by atoms with Gasteiger partial charge in [0.25, 0.3) is 5.19 Å². The van der Waals surface area contributed by atoms with Crippen molar-refractivity contribution in [2.45, 2.75) is 19.9 Å². The van der Waals surface area contributed by atoms with Crippen LogP contribution >= 0.6 is 11.3 Å². The van der Waals surface area contributed by atoms with E-state index in [0.717, 1.165) is 16.0 Å². The minimum Gasteiger partial charge on any atom is -0.431 e. The number of rotatable bonds is 5. The predicted molar refractivity (Wildman–Crippen MR) is 113 cm³/mol. The molecule has 0 bridgehead atoms. The number of oxime groups is 1. The lowest BCUT2D eigenvalue weighted by Crippen LogP contribution is -2.28. The molecule has 3 rings (SSSR count). The molecule has 1 heterocycles. The Morgan fingerprint density at radius 1 is 1.17 bits per heavy atom. The Kier molecular flexibility index (Phi) is 6.61. The van der Waals surface area contributed by atoms with E-state index in [1.807, 2.05) is 49.4 Å². The highest BCUT2D eigenvalue weighted by Gasteiger charge is 2.09. The molecule has 2 N–H and O–H groups in total. The Labute approximate surface area is 172 Å². The van der Waals surface area contributed by atoms with Crippen molar-refractivity contribution < 1.29 is 14.7 Å². The Morgan fingerprint density at radius 3 is 2.52 bits per heavy atom. The number of carbonyl (C=O) groups is 1. The number of nitrogens with one attached hydrogen (secondary N) is 1. The van der Waals surface area contributed by atoms with Crippen molar-refractivity contribution in [3.8, 4) is 22.8 Å². The maximum atomic E-state index is 11.0. The zero-order chi connectivity index (χ0) is 20.6. The highest BCUT2D eigenvalue weighted by Crippen LogP contribution is 2.26. The van der Waals surface area contributed by atoms with Crippen LogP contribution in [0.1, 0.15) is 29.9 Å². The van der Waals surface area contributed by atoms with Gasteiger partial charge in [-0.25, -0.2) is 4.98 Å². The van der Waals surface area contributed by atoms with E-state index in [9.17, 15) is 10.0 Å². The summed E-state index contributed by atoms with van der Waals surface area (Å²) in [5.41, 5.74) is 2.07. The van der Waals surface area contributed by atoms with Crippen LogP contribution in [-0.4, -0.2) is 27.9 Å². The number of carbonyl (C=O) groups excluding carboxylic acids is 1. The monoisotopic (exact) mass is 405 g/mol. The summed E-state index contributed by atoms with van der Waals surface area (Å²) >= 11 is 1.32. The molecule has 146 valence electrons. The molecule has 7 heteroatoms. The molecule has 1 amide bonds. The largest absolute Gasteiger partial charge is 0.431 e. The molecular formula is C22H19N3O3S. The molecule has 0 saturated heterocycles. The van der Waals surface area contributed by atoms with Gasteiger partial charge < -0.3 is 15.3 Å². The molecule has 0 aliphatic carbocycles. The summed E-state index contributed by atoms with van der Waals surface area (Å²) in [5.74, 6) is 6.41. The zero-order valence-electron chi connectivity index (χ0n) is 15.9. The fourth-order valence-electron chi connectivity index (χ4n) is 2.54. The molecule has 0 saturated carbocycles. The SMILES string of the molecule is CC(=O)NC(C)C#Cc1cnc(Oc2ccc(/C(=N/O)c3ccccc3)cc2)s1. The molecule has 0 aliphatic rings. The Hall–Kier alpha value is -3.63. The van der Waals surface area contributed by atoms with Gasteiger partial charge in [-0.2, -0.15) is 0 Å². The molecule has 2 aromatic carbocycles. The standard InChI is InChI=1S/C22H19N3O3S/c1-15(24-16(2)26)8-13-20-14-23-22(29-20)28-19-11-9-18(10-12-19)21(25-27)17-6-4-3-5-7-17/h3-7,9-12,14-15,27H,1-2H3,(H,24,26)/b25-21+. The van der Waals surface area contributed by atoms with E-state index < -0.39 is 0 Å². The molecule has 1 atom stereocenters. The first kappa shape index (κ1) is 20.1. The van der Waals surface area contributed by atoms with E-state index in [0.29, 0.717) is 16.7 Å². The minimum absolute atomic E-state index is 0.120. The molecule has 3 aromatic rings. The van der Waals surface area contributed by atoms with E-state index >= 15 is 0 Å². The van der Waals surface area contributed by atoms with Gasteiger partial charge in [-0.3, -0.25) is 4.79 Å². The highest BCUT2D eigenvalue weighted by molar-refractivity contribution is 7.13. The van der Waals surface area contributed by atoms with Gasteiger partial charge in [-0.15, -0.1) is 0 Å². The lowest BCUT2D eigenvalue weighted by atomic mass is 10.0. The van der Waals surface area contributed by atoms with Gasteiger partial charge in [-0.1, -0.05) is 58.7 Å². The first-order valence-corrected chi connectivity index (χ1v) is 9.67. The lowest BCUT2D eigenvalue weighted by Gasteiger charge is -2.06. The molecule has 0 aliphatic heterocycles. The number of ether oxygens (including phenoxy) is 1. The van der Waals surface area contributed by atoms with Crippen molar-refractivity contribution in [1.82, 2.24) is 10.3 Å². The van der Waals surface area contributed by atoms with Crippen molar-refractivity contribution in [2.75, 3.05) is 0 Å². The summed E-state index contributed by atoms with van der Waals surface area (Å²) in [5, 5.41) is 16.0. The summed E-state index contributed by atoms with van der Waals surface area (Å²) in [4.78, 5) is 16.0. The second-order valence-corrected chi connectivity index (χ2v) is 7.12. The fourth-order valence-corrected chi connectivity index (χ4v) is 3.19. The number of thiazole rings is 1. The van der Waals surface area contributed by atoms with Crippen molar-refractivity contribution in [1.29, 1.82) is 0 Å². The van der Waals surface area contributed by atoms with Gasteiger partial charge in [0.15, 0.2) is 0 Å². The molecule has 1 aromatic heterocycles. The molecular weight excluding hydrogens is 386 g/mol. The first-order chi connectivity index (χ1) is 14.0. The second kappa shape index (κ2) is 9.53. The van der Waals surface area contributed by atoms with E-state index in [-0.39, 0.29) is 11.9 Å². The fraction of sp³-hybridized carbons (Fsp3) is 0.136. The van der Waals surface area contributed by atoms with Crippen LogP contribution in [-0.2, 0) is 4.79 Å². The quantitative estimate of drug-likeness (QED) is 0.290. The lowest BCUT2D eigenvalue weighted by molar-refractivity contribution is -0.119. The van der Waals surface area contributed by atoms with Crippen LogP contribution in [0.4, 0.5) is 0 Å². The van der Waals surface area contributed by atoms with Gasteiger partial charge in [-0.05, 0) is 31.2 Å². The van der Waals surface area contributed by atoms with Crippen LogP contribution in [0, 0.1) is 11.8 Å². The molecule has 0 radical (unpaired) electrons. The Morgan fingerprint density at radius 2 is 1.86 bits per heavy atom. The van der Waals surface area contributed by atoms with E-state index in [4.69, 9.17) is 4.74 Å². The van der Waals surface area contributed by atoms with E-state index in [1.165, 1.54) is 18.3 Å². The number of nitrogens with zero attached hydrogens (tertiary/aromatic N) is 2. The normalized spacial score (nSPS) is 11.9. The van der Waals surface area contributed by atoms with Crippen molar-refractivity contribution in [3.63, 3.8) is 0 Å². The van der Waals surface area contributed by atoms with Crippen LogP contribution < -0.4 is 10.1 Å². The summed E-state index contributed by atoms with van der Waals surface area (Å²) in [6, 6.07) is 16.4. The Balaban J connectivity index is 1.67. The molecule has 29 heavy (non-hydrogen) atoms. The number of hydrogen-bond donors (Lipinski definition) is 2. The van der Waals surface area contributed by atoms with Crippen LogP contribution in [0.25, 0.3) is 0 Å². The highest BCUT2D eigenvalue weighted by atomic mass is 32.1. The number of benzene rings is 2. The van der Waals surface area contributed by atoms with Crippen LogP contribution in [0.5, 0.6) is 10.9 Å². The van der Waals surface area contributed by atoms with E-state index in [1.54, 1.807) is 18.3 Å². The topological polar surface area (TPSA) is 83.8 Å². The summed E-state index contributed by atoms with van der Waals surface area (Å²) in [6.45, 7) is 3.27. The maximum Gasteiger partial charge on any atom is 0.279 e. The third kappa shape index (κ3) is 5.67. The average Bonchev–Trinajstić information content (AvgIpc) is 3.16. The van der Waals surface area contributed by atoms with Gasteiger partial charge in [0.1, 0.15) is 16.3 Å². The first-order valence-electron chi connectivity index (χ1n) is 8.85. The molecule has 0 fully saturated rings. The predicted octanol–water partition coefficient (Wildman–Crippen LogP) is 4.04. The van der Waals surface area contributed by atoms with E-state index in [2.05, 4.69) is 27.3 Å². The molecule has 0 spiro atoms. The van der Waals surface area contributed by atoms with Gasteiger partial charge in [0, 0.05) is 18.1 Å². The summed E-state index contributed by atoms with van der Waals surface area (Å²) < 4.78 is 5.77. The van der Waals surface area contributed by atoms with Gasteiger partial charge in [0.2, 0.25) is 5.91 Å². The number of aromatic nitrogens is 1. The van der Waals surface area contributed by atoms with Crippen LogP contribution in [0.2, 0.25) is 0 Å². The van der Waals surface area contributed by atoms with Crippen LogP contribution in [0.3, 0.4) is 0 Å². The summed E-state index contributed by atoms with van der Waals surface area (Å²) in [6.07, 6.45) is 1.63. The zero-order valence-corrected chi connectivity index (χ0v) is 16.7. The smallest absolute Gasteiger partial charge is 0.279 e.